The minimum absolute atomic E-state index is 0.325. The van der Waals surface area contributed by atoms with Gasteiger partial charge >= 0.3 is 0 Å². The first-order valence-corrected chi connectivity index (χ1v) is 3.40. The fourth-order valence-electron chi connectivity index (χ4n) is 0.797. The zero-order chi connectivity index (χ0) is 8.97. The number of carbonyl (C=O) groups is 2. The molecular weight excluding hydrogens is 154 g/mol. The second-order valence-corrected chi connectivity index (χ2v) is 2.20. The Balaban J connectivity index is 2.93. The van der Waals surface area contributed by atoms with Gasteiger partial charge in [-0.2, -0.15) is 0 Å². The quantitative estimate of drug-likeness (QED) is 0.409. The molecule has 0 aliphatic carbocycles. The van der Waals surface area contributed by atoms with Crippen LogP contribution in [-0.2, 0) is 4.79 Å². The average molecular weight is 161 g/mol. The van der Waals surface area contributed by atoms with E-state index in [9.17, 15) is 9.59 Å². The topological polar surface area (TPSA) is 58.0 Å². The van der Waals surface area contributed by atoms with Crippen LogP contribution in [0.3, 0.4) is 0 Å². The fourth-order valence-corrected chi connectivity index (χ4v) is 0.797. The number of hydrogen-bond donors (Lipinski definition) is 1. The summed E-state index contributed by atoms with van der Waals surface area (Å²) < 4.78 is 0. The van der Waals surface area contributed by atoms with E-state index < -0.39 is 11.6 Å². The molecule has 12 heavy (non-hydrogen) atoms. The number of Topliss-reactive ketones (excluding diaryl/α,β-unsaturated/α-hetero) is 2. The molecule has 60 valence electrons. The summed E-state index contributed by atoms with van der Waals surface area (Å²) in [6, 6.07) is 8.19. The Morgan fingerprint density at radius 1 is 1.17 bits per heavy atom. The van der Waals surface area contributed by atoms with E-state index in [4.69, 9.17) is 5.41 Å². The van der Waals surface area contributed by atoms with Gasteiger partial charge in [0.2, 0.25) is 11.6 Å². The van der Waals surface area contributed by atoms with Gasteiger partial charge in [-0.05, 0) is 0 Å². The molecule has 0 saturated heterocycles. The van der Waals surface area contributed by atoms with Crippen molar-refractivity contribution in [3.63, 3.8) is 0 Å². The maximum atomic E-state index is 11.1. The molecule has 0 fully saturated rings. The molecule has 0 heterocycles. The van der Waals surface area contributed by atoms with E-state index in [1.54, 1.807) is 30.3 Å². The SMILES string of the molecule is N=CC(=O)C(=O)c1ccccc1. The van der Waals surface area contributed by atoms with Gasteiger partial charge < -0.3 is 5.41 Å². The summed E-state index contributed by atoms with van der Waals surface area (Å²) in [4.78, 5) is 21.8. The lowest BCUT2D eigenvalue weighted by Crippen LogP contribution is -2.14. The highest BCUT2D eigenvalue weighted by Crippen LogP contribution is 1.99. The van der Waals surface area contributed by atoms with Crippen LogP contribution in [-0.4, -0.2) is 17.8 Å². The summed E-state index contributed by atoms with van der Waals surface area (Å²) in [5, 5.41) is 6.59. The zero-order valence-corrected chi connectivity index (χ0v) is 6.28. The second-order valence-electron chi connectivity index (χ2n) is 2.20. The lowest BCUT2D eigenvalue weighted by Gasteiger charge is -1.93. The van der Waals surface area contributed by atoms with Crippen LogP contribution in [0.15, 0.2) is 30.3 Å². The van der Waals surface area contributed by atoms with E-state index in [1.165, 1.54) is 0 Å². The predicted molar refractivity (Wildman–Crippen MR) is 44.6 cm³/mol. The molecule has 0 aromatic heterocycles. The largest absolute Gasteiger partial charge is 0.305 e. The molecule has 0 unspecified atom stereocenters. The Kier molecular flexibility index (Phi) is 2.48. The summed E-state index contributed by atoms with van der Waals surface area (Å²) in [5.41, 5.74) is 0.325. The highest BCUT2D eigenvalue weighted by Gasteiger charge is 2.11. The number of benzene rings is 1. The summed E-state index contributed by atoms with van der Waals surface area (Å²) in [5.74, 6) is -1.42. The monoisotopic (exact) mass is 161 g/mol. The van der Waals surface area contributed by atoms with Crippen LogP contribution in [0.1, 0.15) is 10.4 Å². The van der Waals surface area contributed by atoms with Crippen LogP contribution < -0.4 is 0 Å². The molecule has 1 aromatic carbocycles. The first-order valence-electron chi connectivity index (χ1n) is 3.40. The average Bonchev–Trinajstić information content (AvgIpc) is 2.17. The first kappa shape index (κ1) is 8.33. The smallest absolute Gasteiger partial charge is 0.243 e. The van der Waals surface area contributed by atoms with Crippen molar-refractivity contribution in [1.82, 2.24) is 0 Å². The molecule has 3 heteroatoms. The molecule has 1 rings (SSSR count). The molecule has 0 spiro atoms. The van der Waals surface area contributed by atoms with Crippen molar-refractivity contribution in [3.8, 4) is 0 Å². The number of ketones is 2. The maximum absolute atomic E-state index is 11.1. The van der Waals surface area contributed by atoms with Crippen LogP contribution >= 0.6 is 0 Å². The third kappa shape index (κ3) is 1.63. The minimum Gasteiger partial charge on any atom is -0.305 e. The Hall–Kier alpha value is -1.77. The molecule has 0 radical (unpaired) electrons. The summed E-state index contributed by atoms with van der Waals surface area (Å²) in [7, 11) is 0. The number of hydrogen-bond acceptors (Lipinski definition) is 3. The molecule has 0 amide bonds. The fraction of sp³-hybridized carbons (Fsp3) is 0. The van der Waals surface area contributed by atoms with Gasteiger partial charge in [-0.3, -0.25) is 9.59 Å². The van der Waals surface area contributed by atoms with Crippen molar-refractivity contribution in [3.05, 3.63) is 35.9 Å². The van der Waals surface area contributed by atoms with Crippen molar-refractivity contribution < 1.29 is 9.59 Å². The third-order valence-corrected chi connectivity index (χ3v) is 1.39. The first-order chi connectivity index (χ1) is 5.75. The second kappa shape index (κ2) is 3.57. The van der Waals surface area contributed by atoms with Crippen molar-refractivity contribution >= 4 is 17.8 Å². The predicted octanol–water partition coefficient (Wildman–Crippen LogP) is 1.09. The molecule has 0 bridgehead atoms. The van der Waals surface area contributed by atoms with E-state index in [2.05, 4.69) is 0 Å². The van der Waals surface area contributed by atoms with Gasteiger partial charge in [0, 0.05) is 5.56 Å². The van der Waals surface area contributed by atoms with Crippen LogP contribution in [0.4, 0.5) is 0 Å². The Morgan fingerprint density at radius 3 is 2.25 bits per heavy atom. The van der Waals surface area contributed by atoms with Crippen molar-refractivity contribution in [1.29, 1.82) is 5.41 Å². The van der Waals surface area contributed by atoms with Crippen LogP contribution in [0.25, 0.3) is 0 Å². The van der Waals surface area contributed by atoms with Gasteiger partial charge in [-0.15, -0.1) is 0 Å². The van der Waals surface area contributed by atoms with Crippen LogP contribution in [0.5, 0.6) is 0 Å². The molecule has 0 aliphatic heterocycles. The zero-order valence-electron chi connectivity index (χ0n) is 6.28. The third-order valence-electron chi connectivity index (χ3n) is 1.39. The van der Waals surface area contributed by atoms with Crippen LogP contribution in [0.2, 0.25) is 0 Å². The molecule has 1 N–H and O–H groups in total. The molecular formula is C9H7NO2. The van der Waals surface area contributed by atoms with E-state index in [0.29, 0.717) is 11.8 Å². The molecule has 0 saturated carbocycles. The lowest BCUT2D eigenvalue weighted by atomic mass is 10.1. The number of rotatable bonds is 3. The summed E-state index contributed by atoms with van der Waals surface area (Å²) in [6.07, 6.45) is 0.523. The van der Waals surface area contributed by atoms with Gasteiger partial charge in [0.15, 0.2) is 0 Å². The molecule has 0 aliphatic rings. The van der Waals surface area contributed by atoms with E-state index in [-0.39, 0.29) is 0 Å². The number of carbonyl (C=O) groups excluding carboxylic acids is 2. The Morgan fingerprint density at radius 2 is 1.75 bits per heavy atom. The van der Waals surface area contributed by atoms with E-state index in [1.807, 2.05) is 0 Å². The number of nitrogens with one attached hydrogen (secondary N) is 1. The van der Waals surface area contributed by atoms with Gasteiger partial charge in [0.25, 0.3) is 0 Å². The minimum atomic E-state index is -0.791. The standard InChI is InChI=1S/C9H7NO2/c10-6-8(11)9(12)7-4-2-1-3-5-7/h1-6,10H. The van der Waals surface area contributed by atoms with E-state index >= 15 is 0 Å². The highest BCUT2D eigenvalue weighted by atomic mass is 16.2. The Labute approximate surface area is 69.5 Å². The van der Waals surface area contributed by atoms with Crippen molar-refractivity contribution in [2.24, 2.45) is 0 Å². The van der Waals surface area contributed by atoms with Gasteiger partial charge in [0.1, 0.15) is 0 Å². The molecule has 3 nitrogen and oxygen atoms in total. The highest BCUT2D eigenvalue weighted by molar-refractivity contribution is 6.62. The van der Waals surface area contributed by atoms with Crippen LogP contribution in [0, 0.1) is 5.41 Å². The van der Waals surface area contributed by atoms with Gasteiger partial charge in [-0.25, -0.2) is 0 Å². The van der Waals surface area contributed by atoms with Gasteiger partial charge in [0.05, 0.1) is 6.21 Å². The van der Waals surface area contributed by atoms with Crippen molar-refractivity contribution in [2.75, 3.05) is 0 Å². The normalized spacial score (nSPS) is 9.00. The molecule has 0 atom stereocenters. The molecule has 1 aromatic rings. The Bertz CT molecular complexity index is 317. The van der Waals surface area contributed by atoms with Crippen molar-refractivity contribution in [2.45, 2.75) is 0 Å². The van der Waals surface area contributed by atoms with E-state index in [0.717, 1.165) is 0 Å². The lowest BCUT2D eigenvalue weighted by molar-refractivity contribution is -0.109. The summed E-state index contributed by atoms with van der Waals surface area (Å²) in [6.45, 7) is 0. The maximum Gasteiger partial charge on any atom is 0.243 e. The van der Waals surface area contributed by atoms with Gasteiger partial charge in [-0.1, -0.05) is 30.3 Å². The summed E-state index contributed by atoms with van der Waals surface area (Å²) >= 11 is 0.